The van der Waals surface area contributed by atoms with Crippen LogP contribution in [0.15, 0.2) is 24.3 Å². The van der Waals surface area contributed by atoms with E-state index >= 15 is 0 Å². The van der Waals surface area contributed by atoms with Crippen LogP contribution in [0.2, 0.25) is 0 Å². The molecule has 3 atom stereocenters. The molecule has 0 aliphatic heterocycles. The Labute approximate surface area is 121 Å². The van der Waals surface area contributed by atoms with Crippen molar-refractivity contribution in [2.24, 2.45) is 0 Å². The SMILES string of the molecule is CCC(C)c1ccc(OC2CCC(C#N)(NC)C2)cc1. The topological polar surface area (TPSA) is 45.0 Å². The summed E-state index contributed by atoms with van der Waals surface area (Å²) < 4.78 is 6.01. The van der Waals surface area contributed by atoms with Crippen LogP contribution in [0.5, 0.6) is 5.75 Å². The Morgan fingerprint density at radius 1 is 1.45 bits per heavy atom. The number of nitrogens with one attached hydrogen (secondary N) is 1. The van der Waals surface area contributed by atoms with Crippen LogP contribution in [-0.2, 0) is 0 Å². The van der Waals surface area contributed by atoms with Crippen LogP contribution in [0, 0.1) is 11.3 Å². The fourth-order valence-electron chi connectivity index (χ4n) is 2.79. The Morgan fingerprint density at radius 3 is 2.65 bits per heavy atom. The minimum Gasteiger partial charge on any atom is -0.490 e. The molecular weight excluding hydrogens is 248 g/mol. The van der Waals surface area contributed by atoms with Gasteiger partial charge in [-0.15, -0.1) is 0 Å². The Bertz CT molecular complexity index is 477. The summed E-state index contributed by atoms with van der Waals surface area (Å²) in [6, 6.07) is 10.8. The lowest BCUT2D eigenvalue weighted by molar-refractivity contribution is 0.202. The summed E-state index contributed by atoms with van der Waals surface area (Å²) in [5.74, 6) is 1.50. The van der Waals surface area contributed by atoms with Crippen LogP contribution in [0.25, 0.3) is 0 Å². The van der Waals surface area contributed by atoms with Gasteiger partial charge in [0.1, 0.15) is 17.4 Å². The molecule has 1 fully saturated rings. The van der Waals surface area contributed by atoms with Gasteiger partial charge in [-0.25, -0.2) is 0 Å². The summed E-state index contributed by atoms with van der Waals surface area (Å²) in [5.41, 5.74) is 0.953. The van der Waals surface area contributed by atoms with Gasteiger partial charge in [0.15, 0.2) is 0 Å². The summed E-state index contributed by atoms with van der Waals surface area (Å²) in [5, 5.41) is 12.4. The molecule has 0 heterocycles. The van der Waals surface area contributed by atoms with Gasteiger partial charge in [0, 0.05) is 6.42 Å². The second-order valence-corrected chi connectivity index (χ2v) is 5.80. The monoisotopic (exact) mass is 272 g/mol. The van der Waals surface area contributed by atoms with Gasteiger partial charge in [-0.2, -0.15) is 5.26 Å². The van der Waals surface area contributed by atoms with Crippen LogP contribution in [0.3, 0.4) is 0 Å². The molecule has 1 aliphatic carbocycles. The zero-order valence-electron chi connectivity index (χ0n) is 12.6. The van der Waals surface area contributed by atoms with Gasteiger partial charge >= 0.3 is 0 Å². The third-order valence-electron chi connectivity index (χ3n) is 4.53. The van der Waals surface area contributed by atoms with Gasteiger partial charge in [-0.05, 0) is 49.9 Å². The number of nitrogens with zero attached hydrogens (tertiary/aromatic N) is 1. The summed E-state index contributed by atoms with van der Waals surface area (Å²) in [4.78, 5) is 0. The van der Waals surface area contributed by atoms with Gasteiger partial charge in [-0.1, -0.05) is 26.0 Å². The molecule has 0 spiro atoms. The molecule has 0 aromatic heterocycles. The average molecular weight is 272 g/mol. The molecule has 0 amide bonds. The van der Waals surface area contributed by atoms with E-state index in [-0.39, 0.29) is 6.10 Å². The molecule has 108 valence electrons. The predicted octanol–water partition coefficient (Wildman–Crippen LogP) is 3.61. The first kappa shape index (κ1) is 14.9. The number of nitriles is 1. The maximum Gasteiger partial charge on any atom is 0.119 e. The van der Waals surface area contributed by atoms with E-state index in [2.05, 4.69) is 37.4 Å². The normalized spacial score (nSPS) is 27.0. The number of ether oxygens (including phenoxy) is 1. The highest BCUT2D eigenvalue weighted by Gasteiger charge is 2.39. The van der Waals surface area contributed by atoms with E-state index in [0.29, 0.717) is 5.92 Å². The predicted molar refractivity (Wildman–Crippen MR) is 80.8 cm³/mol. The third-order valence-corrected chi connectivity index (χ3v) is 4.53. The van der Waals surface area contributed by atoms with Gasteiger partial charge in [0.25, 0.3) is 0 Å². The molecular formula is C17H24N2O. The summed E-state index contributed by atoms with van der Waals surface area (Å²) in [6.07, 6.45) is 3.83. The van der Waals surface area contributed by atoms with Crippen LogP contribution in [0.1, 0.15) is 51.0 Å². The van der Waals surface area contributed by atoms with Crippen molar-refractivity contribution in [1.82, 2.24) is 5.32 Å². The number of hydrogen-bond acceptors (Lipinski definition) is 3. The van der Waals surface area contributed by atoms with E-state index in [1.54, 1.807) is 0 Å². The van der Waals surface area contributed by atoms with Crippen molar-refractivity contribution in [1.29, 1.82) is 5.26 Å². The first-order chi connectivity index (χ1) is 9.62. The first-order valence-electron chi connectivity index (χ1n) is 7.49. The molecule has 1 aromatic carbocycles. The van der Waals surface area contributed by atoms with E-state index in [9.17, 15) is 5.26 Å². The van der Waals surface area contributed by atoms with Gasteiger partial charge in [-0.3, -0.25) is 0 Å². The molecule has 3 unspecified atom stereocenters. The zero-order valence-corrected chi connectivity index (χ0v) is 12.6. The fourth-order valence-corrected chi connectivity index (χ4v) is 2.79. The lowest BCUT2D eigenvalue weighted by atomic mass is 9.99. The molecule has 0 bridgehead atoms. The Kier molecular flexibility index (Phi) is 4.67. The second kappa shape index (κ2) is 6.28. The van der Waals surface area contributed by atoms with Gasteiger partial charge in [0.2, 0.25) is 0 Å². The van der Waals surface area contributed by atoms with Crippen molar-refractivity contribution in [3.8, 4) is 11.8 Å². The molecule has 0 radical (unpaired) electrons. The molecule has 1 aromatic rings. The van der Waals surface area contributed by atoms with Crippen molar-refractivity contribution in [2.75, 3.05) is 7.05 Å². The van der Waals surface area contributed by atoms with E-state index in [4.69, 9.17) is 4.74 Å². The van der Waals surface area contributed by atoms with Crippen molar-refractivity contribution in [2.45, 2.75) is 57.1 Å². The minimum absolute atomic E-state index is 0.136. The highest BCUT2D eigenvalue weighted by Crippen LogP contribution is 2.32. The average Bonchev–Trinajstić information content (AvgIpc) is 2.91. The number of benzene rings is 1. The fraction of sp³-hybridized carbons (Fsp3) is 0.588. The third kappa shape index (κ3) is 3.13. The minimum atomic E-state index is -0.401. The quantitative estimate of drug-likeness (QED) is 0.890. The standard InChI is InChI=1S/C17H24N2O/c1-4-13(2)14-5-7-15(8-6-14)20-16-9-10-17(11-16,12-18)19-3/h5-8,13,16,19H,4,9-11H2,1-3H3. The molecule has 2 rings (SSSR count). The van der Waals surface area contributed by atoms with Crippen LogP contribution in [0.4, 0.5) is 0 Å². The molecule has 3 heteroatoms. The van der Waals surface area contributed by atoms with Crippen molar-refractivity contribution in [3.05, 3.63) is 29.8 Å². The van der Waals surface area contributed by atoms with E-state index < -0.39 is 5.54 Å². The Balaban J connectivity index is 1.97. The Hall–Kier alpha value is -1.53. The highest BCUT2D eigenvalue weighted by molar-refractivity contribution is 5.29. The van der Waals surface area contributed by atoms with Gasteiger partial charge in [0.05, 0.1) is 6.07 Å². The second-order valence-electron chi connectivity index (χ2n) is 5.80. The van der Waals surface area contributed by atoms with E-state index in [0.717, 1.165) is 31.4 Å². The Morgan fingerprint density at radius 2 is 2.15 bits per heavy atom. The number of hydrogen-bond donors (Lipinski definition) is 1. The largest absolute Gasteiger partial charge is 0.490 e. The maximum absolute atomic E-state index is 9.26. The van der Waals surface area contributed by atoms with Crippen LogP contribution in [-0.4, -0.2) is 18.7 Å². The smallest absolute Gasteiger partial charge is 0.119 e. The molecule has 1 saturated carbocycles. The summed E-state index contributed by atoms with van der Waals surface area (Å²) in [6.45, 7) is 4.44. The van der Waals surface area contributed by atoms with Crippen molar-refractivity contribution < 1.29 is 4.74 Å². The van der Waals surface area contributed by atoms with Crippen molar-refractivity contribution >= 4 is 0 Å². The molecule has 3 nitrogen and oxygen atoms in total. The summed E-state index contributed by atoms with van der Waals surface area (Å²) in [7, 11) is 1.85. The molecule has 1 aliphatic rings. The maximum atomic E-state index is 9.26. The lowest BCUT2D eigenvalue weighted by Crippen LogP contribution is -2.39. The van der Waals surface area contributed by atoms with Crippen molar-refractivity contribution in [3.63, 3.8) is 0 Å². The van der Waals surface area contributed by atoms with Crippen LogP contribution < -0.4 is 10.1 Å². The number of rotatable bonds is 5. The molecule has 20 heavy (non-hydrogen) atoms. The first-order valence-corrected chi connectivity index (χ1v) is 7.49. The molecule has 1 N–H and O–H groups in total. The highest BCUT2D eigenvalue weighted by atomic mass is 16.5. The van der Waals surface area contributed by atoms with Gasteiger partial charge < -0.3 is 10.1 Å². The van der Waals surface area contributed by atoms with E-state index in [1.807, 2.05) is 19.2 Å². The lowest BCUT2D eigenvalue weighted by Gasteiger charge is -2.20. The summed E-state index contributed by atoms with van der Waals surface area (Å²) >= 11 is 0. The van der Waals surface area contributed by atoms with E-state index in [1.165, 1.54) is 5.56 Å². The zero-order chi connectivity index (χ0) is 14.6. The molecule has 0 saturated heterocycles. The van der Waals surface area contributed by atoms with Crippen LogP contribution >= 0.6 is 0 Å².